The Kier molecular flexibility index (Phi) is 2.92. The largest absolute Gasteiger partial charge is 0.509 e. The SMILES string of the molecule is C=C(C)C#CC1=C[C@@H](O)[C@H](O)[C@H]2OC(=O)O[C@@H]12. The molecule has 5 nitrogen and oxygen atoms in total. The van der Waals surface area contributed by atoms with Crippen LogP contribution in [0.5, 0.6) is 0 Å². The highest BCUT2D eigenvalue weighted by molar-refractivity contribution is 5.65. The molecule has 1 saturated heterocycles. The van der Waals surface area contributed by atoms with Crippen LogP contribution in [-0.4, -0.2) is 40.8 Å². The highest BCUT2D eigenvalue weighted by atomic mass is 16.8. The van der Waals surface area contributed by atoms with Crippen LogP contribution in [0.3, 0.4) is 0 Å². The number of carbonyl (C=O) groups excluding carboxylic acids is 1. The molecule has 0 radical (unpaired) electrons. The summed E-state index contributed by atoms with van der Waals surface area (Å²) in [6.07, 6.45) is -3.48. The van der Waals surface area contributed by atoms with Gasteiger partial charge in [-0.05, 0) is 18.6 Å². The molecule has 5 heteroatoms. The summed E-state index contributed by atoms with van der Waals surface area (Å²) in [7, 11) is 0. The van der Waals surface area contributed by atoms with E-state index >= 15 is 0 Å². The molecule has 0 aromatic rings. The molecule has 0 unspecified atom stereocenters. The van der Waals surface area contributed by atoms with Crippen molar-refractivity contribution in [2.45, 2.75) is 31.3 Å². The first-order valence-corrected chi connectivity index (χ1v) is 5.11. The van der Waals surface area contributed by atoms with Crippen LogP contribution in [-0.2, 0) is 9.47 Å². The van der Waals surface area contributed by atoms with Crippen LogP contribution in [0, 0.1) is 11.8 Å². The van der Waals surface area contributed by atoms with Crippen molar-refractivity contribution in [3.05, 3.63) is 23.8 Å². The Hall–Kier alpha value is -1.77. The number of hydrogen-bond acceptors (Lipinski definition) is 5. The third-order valence-corrected chi connectivity index (χ3v) is 2.52. The minimum Gasteiger partial charge on any atom is -0.424 e. The Bertz CT molecular complexity index is 453. The van der Waals surface area contributed by atoms with Gasteiger partial charge in [-0.1, -0.05) is 18.4 Å². The van der Waals surface area contributed by atoms with Gasteiger partial charge in [0.25, 0.3) is 0 Å². The number of rotatable bonds is 0. The lowest BCUT2D eigenvalue weighted by atomic mass is 9.90. The second kappa shape index (κ2) is 4.24. The van der Waals surface area contributed by atoms with E-state index in [9.17, 15) is 15.0 Å². The van der Waals surface area contributed by atoms with Gasteiger partial charge in [-0.3, -0.25) is 0 Å². The fourth-order valence-corrected chi connectivity index (χ4v) is 1.72. The summed E-state index contributed by atoms with van der Waals surface area (Å²) in [5.41, 5.74) is 1.06. The lowest BCUT2D eigenvalue weighted by molar-refractivity contribution is -0.0458. The topological polar surface area (TPSA) is 76.0 Å². The van der Waals surface area contributed by atoms with Crippen molar-refractivity contribution in [3.63, 3.8) is 0 Å². The van der Waals surface area contributed by atoms with E-state index in [1.54, 1.807) is 6.92 Å². The first-order chi connectivity index (χ1) is 7.99. The average Bonchev–Trinajstić information content (AvgIpc) is 2.63. The molecular formula is C12H12O5. The fourth-order valence-electron chi connectivity index (χ4n) is 1.72. The Morgan fingerprint density at radius 3 is 2.82 bits per heavy atom. The Morgan fingerprint density at radius 1 is 1.47 bits per heavy atom. The highest BCUT2D eigenvalue weighted by Crippen LogP contribution is 2.30. The second-order valence-electron chi connectivity index (χ2n) is 4.00. The van der Waals surface area contributed by atoms with E-state index in [2.05, 4.69) is 18.4 Å². The van der Waals surface area contributed by atoms with Gasteiger partial charge in [0.1, 0.15) is 12.2 Å². The number of aliphatic hydroxyl groups excluding tert-OH is 2. The average molecular weight is 236 g/mol. The van der Waals surface area contributed by atoms with E-state index in [0.717, 1.165) is 0 Å². The van der Waals surface area contributed by atoms with E-state index < -0.39 is 30.6 Å². The van der Waals surface area contributed by atoms with Crippen LogP contribution >= 0.6 is 0 Å². The van der Waals surface area contributed by atoms with Crippen molar-refractivity contribution in [2.75, 3.05) is 0 Å². The van der Waals surface area contributed by atoms with Crippen LogP contribution in [0.25, 0.3) is 0 Å². The molecular weight excluding hydrogens is 224 g/mol. The van der Waals surface area contributed by atoms with Crippen LogP contribution in [0.2, 0.25) is 0 Å². The van der Waals surface area contributed by atoms with Crippen LogP contribution < -0.4 is 0 Å². The monoisotopic (exact) mass is 236 g/mol. The lowest BCUT2D eigenvalue weighted by Gasteiger charge is -2.28. The summed E-state index contributed by atoms with van der Waals surface area (Å²) in [4.78, 5) is 11.0. The molecule has 17 heavy (non-hydrogen) atoms. The van der Waals surface area contributed by atoms with E-state index in [4.69, 9.17) is 9.47 Å². The maximum atomic E-state index is 11.0. The van der Waals surface area contributed by atoms with Gasteiger partial charge < -0.3 is 19.7 Å². The van der Waals surface area contributed by atoms with Crippen LogP contribution in [0.15, 0.2) is 23.8 Å². The Morgan fingerprint density at radius 2 is 2.18 bits per heavy atom. The second-order valence-corrected chi connectivity index (χ2v) is 4.00. The normalized spacial score (nSPS) is 34.8. The van der Waals surface area contributed by atoms with Crippen molar-refractivity contribution < 1.29 is 24.5 Å². The number of ether oxygens (including phenoxy) is 2. The zero-order chi connectivity index (χ0) is 12.6. The molecule has 0 amide bonds. The minimum atomic E-state index is -1.19. The number of fused-ring (bicyclic) bond motifs is 1. The molecule has 1 heterocycles. The van der Waals surface area contributed by atoms with Gasteiger partial charge in [0.05, 0.1) is 0 Å². The predicted octanol–water partition coefficient (Wildman–Crippen LogP) is 0.132. The summed E-state index contributed by atoms with van der Waals surface area (Å²) in [6.45, 7) is 5.35. The van der Waals surface area contributed by atoms with Crippen molar-refractivity contribution in [1.29, 1.82) is 0 Å². The summed E-state index contributed by atoms with van der Waals surface area (Å²) in [5, 5.41) is 19.2. The maximum absolute atomic E-state index is 11.0. The third kappa shape index (κ3) is 2.18. The molecule has 0 aromatic carbocycles. The standard InChI is InChI=1S/C12H12O5/c1-6(2)3-4-7-5-8(13)9(14)11-10(7)16-12(15)17-11/h5,8-11,13-14H,1H2,2H3/t8-,9+,10+,11-/m1/s1. The van der Waals surface area contributed by atoms with Gasteiger partial charge in [0, 0.05) is 5.57 Å². The van der Waals surface area contributed by atoms with Gasteiger partial charge >= 0.3 is 6.16 Å². The van der Waals surface area contributed by atoms with Crippen molar-refractivity contribution >= 4 is 6.16 Å². The smallest absolute Gasteiger partial charge is 0.424 e. The zero-order valence-corrected chi connectivity index (χ0v) is 9.21. The molecule has 1 aliphatic carbocycles. The molecule has 2 N–H and O–H groups in total. The first kappa shape index (κ1) is 11.7. The third-order valence-electron chi connectivity index (χ3n) is 2.52. The molecule has 0 aromatic heterocycles. The van der Waals surface area contributed by atoms with Crippen molar-refractivity contribution in [2.24, 2.45) is 0 Å². The quantitative estimate of drug-likeness (QED) is 0.462. The molecule has 0 bridgehead atoms. The summed E-state index contributed by atoms with van der Waals surface area (Å²) in [5.74, 6) is 5.47. The summed E-state index contributed by atoms with van der Waals surface area (Å²) < 4.78 is 9.68. The Balaban J connectivity index is 2.32. The van der Waals surface area contributed by atoms with E-state index in [-0.39, 0.29) is 0 Å². The molecule has 2 aliphatic rings. The minimum absolute atomic E-state index is 0.418. The predicted molar refractivity (Wildman–Crippen MR) is 57.8 cm³/mol. The Labute approximate surface area is 98.3 Å². The molecule has 0 saturated carbocycles. The van der Waals surface area contributed by atoms with E-state index in [0.29, 0.717) is 11.1 Å². The highest BCUT2D eigenvalue weighted by Gasteiger charge is 2.48. The van der Waals surface area contributed by atoms with Gasteiger partial charge in [-0.25, -0.2) is 4.79 Å². The number of aliphatic hydroxyl groups is 2. The lowest BCUT2D eigenvalue weighted by Crippen LogP contribution is -2.46. The molecule has 0 spiro atoms. The molecule has 1 aliphatic heterocycles. The summed E-state index contributed by atoms with van der Waals surface area (Å²) in [6, 6.07) is 0. The van der Waals surface area contributed by atoms with Crippen molar-refractivity contribution in [3.8, 4) is 11.8 Å². The van der Waals surface area contributed by atoms with Gasteiger partial charge in [-0.15, -0.1) is 0 Å². The zero-order valence-electron chi connectivity index (χ0n) is 9.21. The number of carbonyl (C=O) groups is 1. The van der Waals surface area contributed by atoms with Gasteiger partial charge in [0.15, 0.2) is 12.2 Å². The number of allylic oxidation sites excluding steroid dienone is 1. The number of hydrogen-bond donors (Lipinski definition) is 2. The summed E-state index contributed by atoms with van der Waals surface area (Å²) >= 11 is 0. The van der Waals surface area contributed by atoms with Gasteiger partial charge in [-0.2, -0.15) is 0 Å². The van der Waals surface area contributed by atoms with E-state index in [1.807, 2.05) is 0 Å². The maximum Gasteiger partial charge on any atom is 0.509 e. The molecule has 2 rings (SSSR count). The molecule has 1 fully saturated rings. The van der Waals surface area contributed by atoms with E-state index in [1.165, 1.54) is 6.08 Å². The van der Waals surface area contributed by atoms with Crippen LogP contribution in [0.4, 0.5) is 4.79 Å². The van der Waals surface area contributed by atoms with Crippen molar-refractivity contribution in [1.82, 2.24) is 0 Å². The fraction of sp³-hybridized carbons (Fsp3) is 0.417. The molecule has 90 valence electrons. The molecule has 4 atom stereocenters. The van der Waals surface area contributed by atoms with Crippen LogP contribution in [0.1, 0.15) is 6.92 Å². The first-order valence-electron chi connectivity index (χ1n) is 5.11. The van der Waals surface area contributed by atoms with Gasteiger partial charge in [0.2, 0.25) is 0 Å².